The number of aryl methyl sites for hydroxylation is 2. The normalized spacial score (nSPS) is 13.9. The van der Waals surface area contributed by atoms with E-state index in [1.165, 1.54) is 6.07 Å². The van der Waals surface area contributed by atoms with Crippen LogP contribution in [-0.4, -0.2) is 24.4 Å². The number of hydrogen-bond acceptors (Lipinski definition) is 5. The molecule has 0 spiro atoms. The lowest BCUT2D eigenvalue weighted by atomic mass is 10.1. The lowest BCUT2D eigenvalue weighted by molar-refractivity contribution is -0.120. The van der Waals surface area contributed by atoms with E-state index < -0.39 is 17.8 Å². The number of carbonyl (C=O) groups excluding carboxylic acids is 3. The number of ether oxygens (including phenoxy) is 1. The third kappa shape index (κ3) is 3.64. The van der Waals surface area contributed by atoms with E-state index in [0.717, 1.165) is 16.0 Å². The van der Waals surface area contributed by atoms with Gasteiger partial charge in [-0.05, 0) is 62.2 Å². The second-order valence-electron chi connectivity index (χ2n) is 6.33. The topological polar surface area (TPSA) is 75.7 Å². The summed E-state index contributed by atoms with van der Waals surface area (Å²) in [6.45, 7) is 5.82. The standard InChI is InChI=1S/C21H19ClN2O4/c1-4-28-21(27)14-6-5-7-15(11-14)23-18-17(22)19(25)24(20(18)26)16-9-8-12(2)13(3)10-16/h5-11,23H,4H2,1-3H3. The fourth-order valence-corrected chi connectivity index (χ4v) is 3.01. The smallest absolute Gasteiger partial charge is 0.338 e. The molecule has 1 aliphatic heterocycles. The SMILES string of the molecule is CCOC(=O)c1cccc(NC2=C(Cl)C(=O)N(c3ccc(C)c(C)c3)C2=O)c1. The highest BCUT2D eigenvalue weighted by Gasteiger charge is 2.39. The molecule has 1 N–H and O–H groups in total. The molecule has 28 heavy (non-hydrogen) atoms. The van der Waals surface area contributed by atoms with E-state index in [1.807, 2.05) is 19.9 Å². The van der Waals surface area contributed by atoms with Crippen LogP contribution in [0.1, 0.15) is 28.4 Å². The molecule has 0 saturated carbocycles. The van der Waals surface area contributed by atoms with Crippen molar-refractivity contribution in [3.8, 4) is 0 Å². The molecule has 0 saturated heterocycles. The largest absolute Gasteiger partial charge is 0.462 e. The molecular formula is C21H19ClN2O4. The van der Waals surface area contributed by atoms with Crippen molar-refractivity contribution in [2.24, 2.45) is 0 Å². The molecule has 7 heteroatoms. The summed E-state index contributed by atoms with van der Waals surface area (Å²) in [4.78, 5) is 38.4. The van der Waals surface area contributed by atoms with E-state index in [0.29, 0.717) is 16.9 Å². The molecule has 0 aliphatic carbocycles. The second kappa shape index (κ2) is 7.86. The highest BCUT2D eigenvalue weighted by atomic mass is 35.5. The number of hydrogen-bond donors (Lipinski definition) is 1. The summed E-state index contributed by atoms with van der Waals surface area (Å²) in [6.07, 6.45) is 0. The average molecular weight is 399 g/mol. The summed E-state index contributed by atoms with van der Waals surface area (Å²) in [5.41, 5.74) is 3.20. The maximum atomic E-state index is 12.9. The Kier molecular flexibility index (Phi) is 5.51. The first-order valence-corrected chi connectivity index (χ1v) is 9.11. The first kappa shape index (κ1) is 19.6. The molecule has 1 heterocycles. The van der Waals surface area contributed by atoms with Gasteiger partial charge in [0.15, 0.2) is 0 Å². The van der Waals surface area contributed by atoms with Crippen LogP contribution in [0.4, 0.5) is 11.4 Å². The van der Waals surface area contributed by atoms with Gasteiger partial charge in [-0.3, -0.25) is 9.59 Å². The zero-order chi connectivity index (χ0) is 20.4. The van der Waals surface area contributed by atoms with Crippen LogP contribution >= 0.6 is 11.6 Å². The first-order valence-electron chi connectivity index (χ1n) is 8.73. The van der Waals surface area contributed by atoms with Gasteiger partial charge in [0.25, 0.3) is 11.8 Å². The number of nitrogens with one attached hydrogen (secondary N) is 1. The molecular weight excluding hydrogens is 380 g/mol. The minimum absolute atomic E-state index is 0.0362. The van der Waals surface area contributed by atoms with Crippen LogP contribution in [0, 0.1) is 13.8 Å². The molecule has 0 aromatic heterocycles. The maximum absolute atomic E-state index is 12.9. The lowest BCUT2D eigenvalue weighted by Gasteiger charge is -2.16. The minimum atomic E-state index is -0.598. The Bertz CT molecular complexity index is 1010. The van der Waals surface area contributed by atoms with Gasteiger partial charge in [-0.1, -0.05) is 23.7 Å². The van der Waals surface area contributed by atoms with Crippen molar-refractivity contribution in [2.75, 3.05) is 16.8 Å². The fourth-order valence-electron chi connectivity index (χ4n) is 2.79. The van der Waals surface area contributed by atoms with Gasteiger partial charge in [0.05, 0.1) is 17.9 Å². The van der Waals surface area contributed by atoms with Crippen LogP contribution in [0.5, 0.6) is 0 Å². The fraction of sp³-hybridized carbons (Fsp3) is 0.190. The van der Waals surface area contributed by atoms with Gasteiger partial charge in [0.2, 0.25) is 0 Å². The number of benzene rings is 2. The highest BCUT2D eigenvalue weighted by Crippen LogP contribution is 2.31. The van der Waals surface area contributed by atoms with Gasteiger partial charge in [0.1, 0.15) is 10.7 Å². The van der Waals surface area contributed by atoms with Crippen molar-refractivity contribution in [1.82, 2.24) is 0 Å². The van der Waals surface area contributed by atoms with E-state index in [2.05, 4.69) is 5.32 Å². The van der Waals surface area contributed by atoms with Crippen molar-refractivity contribution >= 4 is 40.8 Å². The molecule has 0 atom stereocenters. The zero-order valence-electron chi connectivity index (χ0n) is 15.7. The van der Waals surface area contributed by atoms with Crippen LogP contribution < -0.4 is 10.2 Å². The Balaban J connectivity index is 1.88. The van der Waals surface area contributed by atoms with Crippen LogP contribution in [0.15, 0.2) is 53.2 Å². The molecule has 0 fully saturated rings. The predicted molar refractivity (Wildman–Crippen MR) is 107 cm³/mol. The van der Waals surface area contributed by atoms with Crippen molar-refractivity contribution in [2.45, 2.75) is 20.8 Å². The number of imide groups is 1. The van der Waals surface area contributed by atoms with E-state index in [-0.39, 0.29) is 17.3 Å². The highest BCUT2D eigenvalue weighted by molar-refractivity contribution is 6.53. The third-order valence-corrected chi connectivity index (χ3v) is 4.77. The van der Waals surface area contributed by atoms with Crippen molar-refractivity contribution in [3.63, 3.8) is 0 Å². The Morgan fingerprint density at radius 3 is 2.50 bits per heavy atom. The van der Waals surface area contributed by atoms with Crippen LogP contribution in [0.25, 0.3) is 0 Å². The number of nitrogens with zero attached hydrogens (tertiary/aromatic N) is 1. The first-order chi connectivity index (χ1) is 13.3. The Morgan fingerprint density at radius 2 is 1.82 bits per heavy atom. The quantitative estimate of drug-likeness (QED) is 0.610. The number of carbonyl (C=O) groups is 3. The summed E-state index contributed by atoms with van der Waals surface area (Å²) in [7, 11) is 0. The van der Waals surface area contributed by atoms with Crippen molar-refractivity contribution in [3.05, 3.63) is 69.9 Å². The third-order valence-electron chi connectivity index (χ3n) is 4.42. The molecule has 0 unspecified atom stereocenters. The van der Waals surface area contributed by atoms with Gasteiger partial charge in [-0.15, -0.1) is 0 Å². The van der Waals surface area contributed by atoms with E-state index in [1.54, 1.807) is 37.3 Å². The molecule has 0 radical (unpaired) electrons. The number of esters is 1. The Morgan fingerprint density at radius 1 is 1.07 bits per heavy atom. The van der Waals surface area contributed by atoms with Crippen LogP contribution in [-0.2, 0) is 14.3 Å². The van der Waals surface area contributed by atoms with Crippen molar-refractivity contribution < 1.29 is 19.1 Å². The number of rotatable bonds is 5. The summed E-state index contributed by atoms with van der Waals surface area (Å²) >= 11 is 6.15. The lowest BCUT2D eigenvalue weighted by Crippen LogP contribution is -2.32. The van der Waals surface area contributed by atoms with Gasteiger partial charge >= 0.3 is 5.97 Å². The summed E-state index contributed by atoms with van der Waals surface area (Å²) in [5.74, 6) is -1.63. The predicted octanol–water partition coefficient (Wildman–Crippen LogP) is 3.92. The van der Waals surface area contributed by atoms with Gasteiger partial charge < -0.3 is 10.1 Å². The van der Waals surface area contributed by atoms with E-state index in [4.69, 9.17) is 16.3 Å². The van der Waals surface area contributed by atoms with Gasteiger partial charge in [-0.25, -0.2) is 9.69 Å². The molecule has 2 aromatic carbocycles. The number of anilines is 2. The van der Waals surface area contributed by atoms with E-state index in [9.17, 15) is 14.4 Å². The molecule has 0 bridgehead atoms. The zero-order valence-corrected chi connectivity index (χ0v) is 16.5. The summed E-state index contributed by atoms with van der Waals surface area (Å²) in [5, 5.41) is 2.66. The monoisotopic (exact) mass is 398 g/mol. The minimum Gasteiger partial charge on any atom is -0.462 e. The summed E-state index contributed by atoms with van der Waals surface area (Å²) in [6, 6.07) is 11.7. The van der Waals surface area contributed by atoms with Crippen LogP contribution in [0.3, 0.4) is 0 Å². The number of halogens is 1. The Hall–Kier alpha value is -3.12. The average Bonchev–Trinajstić information content (AvgIpc) is 2.88. The molecule has 2 amide bonds. The van der Waals surface area contributed by atoms with Gasteiger partial charge in [-0.2, -0.15) is 0 Å². The summed E-state index contributed by atoms with van der Waals surface area (Å²) < 4.78 is 4.97. The molecule has 144 valence electrons. The molecule has 6 nitrogen and oxygen atoms in total. The Labute approximate surface area is 167 Å². The van der Waals surface area contributed by atoms with Crippen molar-refractivity contribution in [1.29, 1.82) is 0 Å². The molecule has 3 rings (SSSR count). The second-order valence-corrected chi connectivity index (χ2v) is 6.71. The molecule has 2 aromatic rings. The molecule has 1 aliphatic rings. The van der Waals surface area contributed by atoms with Crippen LogP contribution in [0.2, 0.25) is 0 Å². The number of amides is 2. The maximum Gasteiger partial charge on any atom is 0.338 e. The van der Waals surface area contributed by atoms with E-state index >= 15 is 0 Å². The van der Waals surface area contributed by atoms with Gasteiger partial charge in [0, 0.05) is 5.69 Å².